The predicted octanol–water partition coefficient (Wildman–Crippen LogP) is -0.332. The number of likely N-dealkylation sites (tertiary alicyclic amines) is 1. The Morgan fingerprint density at radius 2 is 2.31 bits per heavy atom. The van der Waals surface area contributed by atoms with Crippen molar-refractivity contribution in [2.24, 2.45) is 5.73 Å². The summed E-state index contributed by atoms with van der Waals surface area (Å²) in [5.74, 6) is -0.0328. The number of carbonyl (C=O) groups excluding carboxylic acids is 2. The first-order valence-electron chi connectivity index (χ1n) is 4.63. The van der Waals surface area contributed by atoms with Crippen molar-refractivity contribution in [2.45, 2.75) is 31.8 Å². The average Bonchev–Trinajstić information content (AvgIpc) is 2.46. The Bertz CT molecular complexity index is 228. The van der Waals surface area contributed by atoms with Gasteiger partial charge < -0.3 is 5.73 Å². The topological polar surface area (TPSA) is 60.2 Å². The average molecular weight is 185 g/mol. The van der Waals surface area contributed by atoms with Crippen LogP contribution in [-0.2, 0) is 9.59 Å². The number of quaternary nitrogens is 1. The Morgan fingerprint density at radius 3 is 2.77 bits per heavy atom. The molecule has 1 fully saturated rings. The van der Waals surface area contributed by atoms with Crippen molar-refractivity contribution in [3.8, 4) is 0 Å². The van der Waals surface area contributed by atoms with Gasteiger partial charge in [-0.1, -0.05) is 0 Å². The summed E-state index contributed by atoms with van der Waals surface area (Å²) in [6.45, 7) is 2.41. The number of nitrogens with zero attached hydrogens (tertiary/aromatic N) is 1. The second-order valence-corrected chi connectivity index (χ2v) is 3.96. The molecule has 13 heavy (non-hydrogen) atoms. The monoisotopic (exact) mass is 185 g/mol. The Labute approximate surface area is 78.3 Å². The number of likely N-dealkylation sites (N-methyl/N-ethyl adjacent to an activating group) is 1. The van der Waals surface area contributed by atoms with E-state index in [0.29, 0.717) is 0 Å². The maximum atomic E-state index is 11.7. The Kier molecular flexibility index (Phi) is 2.83. The predicted molar refractivity (Wildman–Crippen MR) is 48.8 cm³/mol. The van der Waals surface area contributed by atoms with Gasteiger partial charge in [0.05, 0.1) is 13.6 Å². The lowest BCUT2D eigenvalue weighted by Crippen LogP contribution is -2.58. The lowest BCUT2D eigenvalue weighted by molar-refractivity contribution is -0.836. The number of amides is 1. The molecular formula is C9H17N2O2+. The molecule has 3 atom stereocenters. The van der Waals surface area contributed by atoms with E-state index in [1.165, 1.54) is 0 Å². The second-order valence-electron chi connectivity index (χ2n) is 3.96. The van der Waals surface area contributed by atoms with Crippen molar-refractivity contribution in [1.82, 2.24) is 0 Å². The van der Waals surface area contributed by atoms with Gasteiger partial charge in [0.2, 0.25) is 0 Å². The third kappa shape index (κ3) is 1.64. The van der Waals surface area contributed by atoms with E-state index < -0.39 is 6.04 Å². The lowest BCUT2D eigenvalue weighted by atomic mass is 10.2. The highest BCUT2D eigenvalue weighted by Gasteiger charge is 2.45. The van der Waals surface area contributed by atoms with E-state index in [-0.39, 0.29) is 16.4 Å². The number of carbonyl (C=O) groups is 2. The Balaban J connectivity index is 2.85. The Morgan fingerprint density at radius 1 is 1.69 bits per heavy atom. The molecule has 1 aliphatic rings. The van der Waals surface area contributed by atoms with Gasteiger partial charge in [0.15, 0.2) is 12.3 Å². The van der Waals surface area contributed by atoms with Crippen LogP contribution in [0.3, 0.4) is 0 Å². The lowest BCUT2D eigenvalue weighted by Gasteiger charge is -2.31. The zero-order valence-electron chi connectivity index (χ0n) is 8.19. The van der Waals surface area contributed by atoms with Gasteiger partial charge in [-0.05, 0) is 6.92 Å². The quantitative estimate of drug-likeness (QED) is 0.473. The summed E-state index contributed by atoms with van der Waals surface area (Å²) in [6, 6.07) is -0.663. The first kappa shape index (κ1) is 10.3. The molecule has 0 radical (unpaired) electrons. The summed E-state index contributed by atoms with van der Waals surface area (Å²) in [5, 5.41) is 0. The zero-order chi connectivity index (χ0) is 10.1. The summed E-state index contributed by atoms with van der Waals surface area (Å²) in [6.07, 6.45) is 2.62. The molecule has 3 unspecified atom stereocenters. The van der Waals surface area contributed by atoms with Crippen LogP contribution >= 0.6 is 0 Å². The maximum Gasteiger partial charge on any atom is 0.330 e. The normalized spacial score (nSPS) is 35.8. The minimum Gasteiger partial charge on any atom is -0.317 e. The second kappa shape index (κ2) is 3.55. The fraction of sp³-hybridized carbons (Fsp3) is 0.778. The minimum absolute atomic E-state index is 0.0328. The van der Waals surface area contributed by atoms with Crippen LogP contribution < -0.4 is 5.73 Å². The summed E-state index contributed by atoms with van der Waals surface area (Å²) in [7, 11) is 1.80. The van der Waals surface area contributed by atoms with Gasteiger partial charge in [0.25, 0.3) is 0 Å². The fourth-order valence-corrected chi connectivity index (χ4v) is 2.02. The molecule has 1 amide bonds. The van der Waals surface area contributed by atoms with E-state index >= 15 is 0 Å². The standard InChI is InChI=1S/C9H17N2O2/c1-7(10)9(13)11(2)5-3-4-8(11)6-12/h6-8H,3-5,10H2,1-2H3/q+1. The van der Waals surface area contributed by atoms with Crippen LogP contribution in [0.2, 0.25) is 0 Å². The number of hydrogen-bond acceptors (Lipinski definition) is 3. The number of nitrogens with two attached hydrogens (primary N) is 1. The zero-order valence-corrected chi connectivity index (χ0v) is 8.19. The molecule has 4 heteroatoms. The van der Waals surface area contributed by atoms with Crippen molar-refractivity contribution in [1.29, 1.82) is 0 Å². The van der Waals surface area contributed by atoms with Crippen LogP contribution in [-0.4, -0.2) is 42.4 Å². The van der Waals surface area contributed by atoms with E-state index in [0.717, 1.165) is 25.7 Å². The van der Waals surface area contributed by atoms with Crippen molar-refractivity contribution >= 4 is 12.2 Å². The summed E-state index contributed by atoms with van der Waals surface area (Å²) >= 11 is 0. The highest BCUT2D eigenvalue weighted by molar-refractivity contribution is 5.76. The number of hydrogen-bond donors (Lipinski definition) is 1. The first-order valence-corrected chi connectivity index (χ1v) is 4.63. The maximum absolute atomic E-state index is 11.7. The number of rotatable bonds is 2. The van der Waals surface area contributed by atoms with E-state index in [4.69, 9.17) is 5.73 Å². The number of aldehydes is 1. The van der Waals surface area contributed by atoms with Gasteiger partial charge in [-0.3, -0.25) is 9.28 Å². The van der Waals surface area contributed by atoms with E-state index in [2.05, 4.69) is 0 Å². The summed E-state index contributed by atoms with van der Waals surface area (Å²) in [4.78, 5) is 22.5. The molecule has 1 rings (SSSR count). The van der Waals surface area contributed by atoms with Gasteiger partial charge >= 0.3 is 5.91 Å². The van der Waals surface area contributed by atoms with Crippen molar-refractivity contribution in [3.05, 3.63) is 0 Å². The molecule has 74 valence electrons. The third-order valence-corrected chi connectivity index (χ3v) is 2.90. The minimum atomic E-state index is -0.481. The molecule has 2 N–H and O–H groups in total. The molecule has 1 saturated heterocycles. The van der Waals surface area contributed by atoms with E-state index in [1.807, 2.05) is 0 Å². The SMILES string of the molecule is CC(N)C(=O)[N+]1(C)CCCC1C=O. The van der Waals surface area contributed by atoms with Gasteiger partial charge in [-0.15, -0.1) is 0 Å². The van der Waals surface area contributed by atoms with E-state index in [9.17, 15) is 9.59 Å². The summed E-state index contributed by atoms with van der Waals surface area (Å²) < 4.78 is 0.196. The largest absolute Gasteiger partial charge is 0.330 e. The summed E-state index contributed by atoms with van der Waals surface area (Å²) in [5.41, 5.74) is 5.54. The van der Waals surface area contributed by atoms with Crippen LogP contribution in [0.25, 0.3) is 0 Å². The Hall–Kier alpha value is -0.740. The van der Waals surface area contributed by atoms with Gasteiger partial charge in [-0.2, -0.15) is 0 Å². The molecule has 0 bridgehead atoms. The van der Waals surface area contributed by atoms with Crippen molar-refractivity contribution < 1.29 is 14.1 Å². The van der Waals surface area contributed by atoms with Gasteiger partial charge in [0, 0.05) is 12.8 Å². The van der Waals surface area contributed by atoms with Crippen molar-refractivity contribution in [3.63, 3.8) is 0 Å². The third-order valence-electron chi connectivity index (χ3n) is 2.90. The molecular weight excluding hydrogens is 168 g/mol. The molecule has 1 aliphatic heterocycles. The molecule has 0 spiro atoms. The van der Waals surface area contributed by atoms with Crippen LogP contribution in [0.4, 0.5) is 0 Å². The fourth-order valence-electron chi connectivity index (χ4n) is 2.02. The highest BCUT2D eigenvalue weighted by Crippen LogP contribution is 2.24. The van der Waals surface area contributed by atoms with Gasteiger partial charge in [0.1, 0.15) is 6.04 Å². The molecule has 0 aromatic heterocycles. The van der Waals surface area contributed by atoms with Crippen LogP contribution in [0, 0.1) is 0 Å². The molecule has 0 aliphatic carbocycles. The molecule has 4 nitrogen and oxygen atoms in total. The molecule has 0 saturated carbocycles. The highest BCUT2D eigenvalue weighted by atomic mass is 16.2. The first-order chi connectivity index (χ1) is 6.02. The van der Waals surface area contributed by atoms with Gasteiger partial charge in [-0.25, -0.2) is 4.79 Å². The molecule has 0 aromatic carbocycles. The smallest absolute Gasteiger partial charge is 0.317 e. The molecule has 0 aromatic rings. The van der Waals surface area contributed by atoms with Crippen molar-refractivity contribution in [2.75, 3.05) is 13.6 Å². The van der Waals surface area contributed by atoms with Crippen LogP contribution in [0.1, 0.15) is 19.8 Å². The van der Waals surface area contributed by atoms with Crippen LogP contribution in [0.15, 0.2) is 0 Å². The van der Waals surface area contributed by atoms with Crippen LogP contribution in [0.5, 0.6) is 0 Å². The van der Waals surface area contributed by atoms with E-state index in [1.54, 1.807) is 14.0 Å². The molecule has 1 heterocycles.